The molecule has 3 nitrogen and oxygen atoms in total. The molecule has 0 aromatic heterocycles. The molecule has 0 radical (unpaired) electrons. The van der Waals surface area contributed by atoms with Crippen LogP contribution < -0.4 is 0 Å². The van der Waals surface area contributed by atoms with E-state index < -0.39 is 0 Å². The van der Waals surface area contributed by atoms with Crippen LogP contribution >= 0.6 is 0 Å². The van der Waals surface area contributed by atoms with Crippen LogP contribution in [0.25, 0.3) is 0 Å². The molecule has 1 aliphatic rings. The number of carbonyl (C=O) groups is 1. The fourth-order valence-electron chi connectivity index (χ4n) is 2.19. The molecule has 19 heavy (non-hydrogen) atoms. The Bertz CT molecular complexity index is 284. The van der Waals surface area contributed by atoms with Gasteiger partial charge in [0, 0.05) is 0 Å². The van der Waals surface area contributed by atoms with Crippen LogP contribution in [-0.2, 0) is 14.3 Å². The molecule has 3 heteroatoms. The Balaban J connectivity index is 2.13. The molecule has 0 spiro atoms. The number of hydrogen-bond donors (Lipinski definition) is 0. The number of unbranched alkanes of at least 4 members (excludes halogenated alkanes) is 5. The van der Waals surface area contributed by atoms with Crippen LogP contribution in [0.2, 0.25) is 0 Å². The Morgan fingerprint density at radius 2 is 1.89 bits per heavy atom. The van der Waals surface area contributed by atoms with Crippen LogP contribution in [0.4, 0.5) is 0 Å². The van der Waals surface area contributed by atoms with E-state index in [4.69, 9.17) is 9.47 Å². The highest BCUT2D eigenvalue weighted by atomic mass is 16.7. The lowest BCUT2D eigenvalue weighted by molar-refractivity contribution is -0.170. The molecule has 2 unspecified atom stereocenters. The number of rotatable bonds is 9. The molecule has 0 bridgehead atoms. The average molecular weight is 268 g/mol. The van der Waals surface area contributed by atoms with Gasteiger partial charge in [-0.25, -0.2) is 0 Å². The Morgan fingerprint density at radius 1 is 1.21 bits per heavy atom. The molecule has 0 N–H and O–H groups in total. The van der Waals surface area contributed by atoms with Gasteiger partial charge in [-0.05, 0) is 24.5 Å². The summed E-state index contributed by atoms with van der Waals surface area (Å²) in [6.45, 7) is 6.92. The summed E-state index contributed by atoms with van der Waals surface area (Å²) in [5.74, 6) is 0.243. The van der Waals surface area contributed by atoms with Gasteiger partial charge in [0.05, 0.1) is 6.61 Å². The fraction of sp³-hybridized carbons (Fsp3) is 0.812. The fourth-order valence-corrected chi connectivity index (χ4v) is 2.19. The molecule has 0 saturated carbocycles. The summed E-state index contributed by atoms with van der Waals surface area (Å²) < 4.78 is 11.3. The van der Waals surface area contributed by atoms with Crippen molar-refractivity contribution in [2.24, 2.45) is 5.92 Å². The Kier molecular flexibility index (Phi) is 7.99. The predicted octanol–water partition coefficient (Wildman–Crippen LogP) is 3.87. The van der Waals surface area contributed by atoms with Gasteiger partial charge in [-0.3, -0.25) is 4.79 Å². The van der Waals surface area contributed by atoms with Crippen molar-refractivity contribution >= 4 is 5.78 Å². The summed E-state index contributed by atoms with van der Waals surface area (Å²) in [7, 11) is 0. The van der Waals surface area contributed by atoms with Crippen molar-refractivity contribution in [2.45, 2.75) is 71.7 Å². The average Bonchev–Trinajstić information content (AvgIpc) is 2.39. The zero-order chi connectivity index (χ0) is 14.1. The van der Waals surface area contributed by atoms with Crippen molar-refractivity contribution in [3.05, 3.63) is 12.2 Å². The van der Waals surface area contributed by atoms with Gasteiger partial charge in [0.1, 0.15) is 6.10 Å². The van der Waals surface area contributed by atoms with E-state index in [1.165, 1.54) is 32.1 Å². The smallest absolute Gasteiger partial charge is 0.184 e. The second-order valence-corrected chi connectivity index (χ2v) is 5.57. The monoisotopic (exact) mass is 268 g/mol. The van der Waals surface area contributed by atoms with Gasteiger partial charge in [-0.15, -0.1) is 0 Å². The van der Waals surface area contributed by atoms with Gasteiger partial charge in [-0.1, -0.05) is 52.9 Å². The van der Waals surface area contributed by atoms with E-state index in [-0.39, 0.29) is 24.1 Å². The van der Waals surface area contributed by atoms with E-state index in [9.17, 15) is 4.79 Å². The summed E-state index contributed by atoms with van der Waals surface area (Å²) in [5.41, 5.74) is 0. The normalized spacial score (nSPS) is 23.3. The summed E-state index contributed by atoms with van der Waals surface area (Å²) in [6, 6.07) is 0. The van der Waals surface area contributed by atoms with Crippen LogP contribution in [0.5, 0.6) is 0 Å². The first-order valence-electron chi connectivity index (χ1n) is 7.64. The van der Waals surface area contributed by atoms with Crippen LogP contribution in [0, 0.1) is 5.92 Å². The molecule has 1 heterocycles. The quantitative estimate of drug-likeness (QED) is 0.595. The lowest BCUT2D eigenvalue weighted by Gasteiger charge is -2.27. The number of carbonyl (C=O) groups excluding carboxylic acids is 1. The highest BCUT2D eigenvalue weighted by molar-refractivity contribution is 5.94. The predicted molar refractivity (Wildman–Crippen MR) is 77.0 cm³/mol. The van der Waals surface area contributed by atoms with Crippen LogP contribution in [0.15, 0.2) is 12.2 Å². The van der Waals surface area contributed by atoms with Crippen molar-refractivity contribution in [2.75, 3.05) is 6.61 Å². The molecule has 0 aromatic rings. The Labute approximate surface area is 117 Å². The maximum Gasteiger partial charge on any atom is 0.184 e. The minimum atomic E-state index is -0.348. The molecule has 0 amide bonds. The highest BCUT2D eigenvalue weighted by Crippen LogP contribution is 2.17. The molecule has 1 rings (SSSR count). The molecule has 110 valence electrons. The minimum Gasteiger partial charge on any atom is -0.349 e. The molecule has 0 saturated heterocycles. The van der Waals surface area contributed by atoms with Crippen LogP contribution in [-0.4, -0.2) is 24.8 Å². The zero-order valence-corrected chi connectivity index (χ0v) is 12.6. The Morgan fingerprint density at radius 3 is 2.58 bits per heavy atom. The van der Waals surface area contributed by atoms with Crippen molar-refractivity contribution in [3.63, 3.8) is 0 Å². The van der Waals surface area contributed by atoms with Crippen molar-refractivity contribution < 1.29 is 14.3 Å². The van der Waals surface area contributed by atoms with Crippen molar-refractivity contribution in [1.82, 2.24) is 0 Å². The third kappa shape index (κ3) is 6.35. The van der Waals surface area contributed by atoms with Crippen LogP contribution in [0.1, 0.15) is 59.3 Å². The molecular formula is C16H28O3. The molecule has 0 aromatic carbocycles. The molecule has 0 fully saturated rings. The molecule has 1 aliphatic heterocycles. The highest BCUT2D eigenvalue weighted by Gasteiger charge is 2.27. The van der Waals surface area contributed by atoms with Crippen molar-refractivity contribution in [1.29, 1.82) is 0 Å². The van der Waals surface area contributed by atoms with E-state index in [2.05, 4.69) is 6.92 Å². The van der Waals surface area contributed by atoms with Crippen molar-refractivity contribution in [3.8, 4) is 0 Å². The topological polar surface area (TPSA) is 35.5 Å². The van der Waals surface area contributed by atoms with Gasteiger partial charge in [-0.2, -0.15) is 0 Å². The van der Waals surface area contributed by atoms with Gasteiger partial charge in [0.15, 0.2) is 12.1 Å². The first-order chi connectivity index (χ1) is 9.15. The largest absolute Gasteiger partial charge is 0.349 e. The summed E-state index contributed by atoms with van der Waals surface area (Å²) in [6.07, 6.45) is 10.1. The van der Waals surface area contributed by atoms with E-state index >= 15 is 0 Å². The molecule has 0 aliphatic carbocycles. The van der Waals surface area contributed by atoms with E-state index in [1.807, 2.05) is 13.8 Å². The molecule has 2 atom stereocenters. The van der Waals surface area contributed by atoms with E-state index in [0.29, 0.717) is 6.61 Å². The maximum atomic E-state index is 11.6. The first-order valence-corrected chi connectivity index (χ1v) is 7.64. The second kappa shape index (κ2) is 9.27. The van der Waals surface area contributed by atoms with Gasteiger partial charge < -0.3 is 9.47 Å². The maximum absolute atomic E-state index is 11.6. The summed E-state index contributed by atoms with van der Waals surface area (Å²) in [5, 5.41) is 0. The Hall–Kier alpha value is -0.670. The molecular weight excluding hydrogens is 240 g/mol. The minimum absolute atomic E-state index is 0.0504. The zero-order valence-electron chi connectivity index (χ0n) is 12.6. The number of ether oxygens (including phenoxy) is 2. The second-order valence-electron chi connectivity index (χ2n) is 5.57. The van der Waals surface area contributed by atoms with E-state index in [1.54, 1.807) is 12.2 Å². The first kappa shape index (κ1) is 16.4. The SMILES string of the molecule is CCCCCCCCOC1C=CC(=O)C(C(C)C)O1. The number of ketones is 1. The lowest BCUT2D eigenvalue weighted by atomic mass is 10.0. The summed E-state index contributed by atoms with van der Waals surface area (Å²) >= 11 is 0. The van der Waals surface area contributed by atoms with E-state index in [0.717, 1.165) is 6.42 Å². The lowest BCUT2D eigenvalue weighted by Crippen LogP contribution is -2.36. The van der Waals surface area contributed by atoms with Gasteiger partial charge >= 0.3 is 0 Å². The third-order valence-corrected chi connectivity index (χ3v) is 3.36. The standard InChI is InChI=1S/C16H28O3/c1-4-5-6-7-8-9-12-18-15-11-10-14(17)16(19-15)13(2)3/h10-11,13,15-16H,4-9,12H2,1-3H3. The third-order valence-electron chi connectivity index (χ3n) is 3.36. The van der Waals surface area contributed by atoms with Crippen LogP contribution in [0.3, 0.4) is 0 Å². The number of hydrogen-bond acceptors (Lipinski definition) is 3. The van der Waals surface area contributed by atoms with Gasteiger partial charge in [0.25, 0.3) is 0 Å². The van der Waals surface area contributed by atoms with Gasteiger partial charge in [0.2, 0.25) is 0 Å². The summed E-state index contributed by atoms with van der Waals surface area (Å²) in [4.78, 5) is 11.6.